The van der Waals surface area contributed by atoms with Crippen molar-refractivity contribution in [2.45, 2.75) is 20.4 Å². The number of carbonyl (C=O) groups is 1. The molecule has 0 aliphatic heterocycles. The van der Waals surface area contributed by atoms with E-state index in [1.54, 1.807) is 34.5 Å². The number of rotatable bonds is 5. The van der Waals surface area contributed by atoms with E-state index in [1.807, 2.05) is 68.4 Å². The molecule has 6 aromatic rings. The average molecular weight is 530 g/mol. The number of hydrogen-bond acceptors (Lipinski definition) is 6. The number of nitrogens with zero attached hydrogens (tertiary/aromatic N) is 5. The molecule has 3 aromatic carbocycles. The summed E-state index contributed by atoms with van der Waals surface area (Å²) in [5.74, 6) is 0.0746. The van der Waals surface area contributed by atoms with Crippen LogP contribution in [0.15, 0.2) is 83.9 Å². The van der Waals surface area contributed by atoms with E-state index in [-0.39, 0.29) is 23.8 Å². The number of aryl methyl sites for hydroxylation is 2. The smallest absolute Gasteiger partial charge is 0.263 e. The highest BCUT2D eigenvalue weighted by atomic mass is 16.1. The number of aromatic nitrogens is 5. The Hall–Kier alpha value is -5.31. The fourth-order valence-electron chi connectivity index (χ4n) is 5.23. The van der Waals surface area contributed by atoms with Gasteiger partial charge in [0.25, 0.3) is 11.5 Å². The molecule has 198 valence electrons. The van der Waals surface area contributed by atoms with Crippen LogP contribution in [-0.4, -0.2) is 37.3 Å². The van der Waals surface area contributed by atoms with Crippen LogP contribution in [0.3, 0.4) is 0 Å². The van der Waals surface area contributed by atoms with E-state index in [9.17, 15) is 9.59 Å². The number of nitrogens with two attached hydrogens (primary N) is 1. The minimum Gasteiger partial charge on any atom is -0.383 e. The van der Waals surface area contributed by atoms with Gasteiger partial charge >= 0.3 is 0 Å². The van der Waals surface area contributed by atoms with Crippen molar-refractivity contribution in [3.8, 4) is 16.9 Å². The van der Waals surface area contributed by atoms with Gasteiger partial charge in [-0.15, -0.1) is 0 Å². The molecule has 0 aliphatic carbocycles. The quantitative estimate of drug-likeness (QED) is 0.341. The average Bonchev–Trinajstić information content (AvgIpc) is 3.33. The molecule has 0 spiro atoms. The summed E-state index contributed by atoms with van der Waals surface area (Å²) in [4.78, 5) is 35.1. The van der Waals surface area contributed by atoms with E-state index < -0.39 is 0 Å². The molecule has 3 N–H and O–H groups in total. The molecule has 0 saturated heterocycles. The number of nitrogen functional groups attached to an aromatic ring is 1. The second-order valence-corrected chi connectivity index (χ2v) is 9.73. The van der Waals surface area contributed by atoms with Crippen molar-refractivity contribution in [1.29, 1.82) is 0 Å². The Morgan fingerprint density at radius 1 is 0.925 bits per heavy atom. The van der Waals surface area contributed by atoms with E-state index >= 15 is 0 Å². The van der Waals surface area contributed by atoms with Gasteiger partial charge in [0.05, 0.1) is 23.0 Å². The summed E-state index contributed by atoms with van der Waals surface area (Å²) in [6.45, 7) is 4.18. The van der Waals surface area contributed by atoms with Crippen molar-refractivity contribution in [3.63, 3.8) is 0 Å². The van der Waals surface area contributed by atoms with Crippen molar-refractivity contribution in [3.05, 3.63) is 112 Å². The molecular formula is C31H27N7O2. The number of pyridine rings is 1. The lowest BCUT2D eigenvalue weighted by Crippen LogP contribution is -2.25. The number of hydrogen-bond donors (Lipinski definition) is 2. The third-order valence-corrected chi connectivity index (χ3v) is 7.18. The summed E-state index contributed by atoms with van der Waals surface area (Å²) < 4.78 is 3.50. The molecule has 9 heteroatoms. The topological polar surface area (TPSA) is 121 Å². The van der Waals surface area contributed by atoms with E-state index in [0.717, 1.165) is 27.9 Å². The zero-order chi connectivity index (χ0) is 28.0. The van der Waals surface area contributed by atoms with Crippen LogP contribution in [0.4, 0.5) is 5.82 Å². The zero-order valence-corrected chi connectivity index (χ0v) is 22.3. The minimum absolute atomic E-state index is 0.0935. The molecule has 0 bridgehead atoms. The summed E-state index contributed by atoms with van der Waals surface area (Å²) in [5.41, 5.74) is 12.0. The normalized spacial score (nSPS) is 11.3. The fourth-order valence-corrected chi connectivity index (χ4v) is 5.23. The van der Waals surface area contributed by atoms with Gasteiger partial charge in [0, 0.05) is 23.9 Å². The number of benzene rings is 3. The molecule has 0 unspecified atom stereocenters. The zero-order valence-electron chi connectivity index (χ0n) is 22.3. The molecule has 0 radical (unpaired) electrons. The molecule has 3 aromatic heterocycles. The standard InChI is InChI=1S/C31H27N7O2/c1-18-8-4-5-13-24(18)38-23(15-20-10-6-9-19(2)25(20)31(38)40)16-37-29-26(28(32)34-17-35-29)27(36-37)21-11-7-12-22(14-21)30(39)33-3/h4-15,17H,16H2,1-3H3,(H,33,39)(H2,32,34,35). The first-order chi connectivity index (χ1) is 19.4. The van der Waals surface area contributed by atoms with Gasteiger partial charge in [-0.25, -0.2) is 14.6 Å². The maximum Gasteiger partial charge on any atom is 0.263 e. The van der Waals surface area contributed by atoms with Gasteiger partial charge < -0.3 is 11.1 Å². The lowest BCUT2D eigenvalue weighted by molar-refractivity contribution is 0.0963. The largest absolute Gasteiger partial charge is 0.383 e. The van der Waals surface area contributed by atoms with E-state index in [1.165, 1.54) is 6.33 Å². The molecule has 0 atom stereocenters. The Balaban J connectivity index is 1.60. The number of para-hydroxylation sites is 1. The molecular weight excluding hydrogens is 502 g/mol. The number of amides is 1. The summed E-state index contributed by atoms with van der Waals surface area (Å²) in [5, 5.41) is 9.68. The molecule has 1 amide bonds. The molecule has 6 rings (SSSR count). The number of carbonyl (C=O) groups excluding carboxylic acids is 1. The predicted molar refractivity (Wildman–Crippen MR) is 157 cm³/mol. The molecule has 40 heavy (non-hydrogen) atoms. The fraction of sp³-hybridized carbons (Fsp3) is 0.129. The van der Waals surface area contributed by atoms with Gasteiger partial charge in [-0.3, -0.25) is 14.2 Å². The Labute approximate surface area is 229 Å². The maximum absolute atomic E-state index is 14.0. The van der Waals surface area contributed by atoms with Crippen molar-refractivity contribution in [2.24, 2.45) is 0 Å². The highest BCUT2D eigenvalue weighted by Crippen LogP contribution is 2.31. The van der Waals surface area contributed by atoms with Crippen molar-refractivity contribution in [1.82, 2.24) is 29.6 Å². The van der Waals surface area contributed by atoms with Crippen LogP contribution in [0.1, 0.15) is 27.2 Å². The maximum atomic E-state index is 14.0. The highest BCUT2D eigenvalue weighted by molar-refractivity contribution is 6.00. The second kappa shape index (κ2) is 9.77. The monoisotopic (exact) mass is 529 g/mol. The van der Waals surface area contributed by atoms with Crippen LogP contribution in [0.2, 0.25) is 0 Å². The lowest BCUT2D eigenvalue weighted by Gasteiger charge is -2.17. The van der Waals surface area contributed by atoms with Gasteiger partial charge in [-0.1, -0.05) is 48.5 Å². The lowest BCUT2D eigenvalue weighted by atomic mass is 10.1. The van der Waals surface area contributed by atoms with E-state index in [2.05, 4.69) is 15.3 Å². The second-order valence-electron chi connectivity index (χ2n) is 9.73. The SMILES string of the molecule is CNC(=O)c1cccc(-c2nn(Cc3cc4cccc(C)c4c(=O)n3-c3ccccc3C)c3ncnc(N)c23)c1. The van der Waals surface area contributed by atoms with Crippen LogP contribution in [-0.2, 0) is 6.54 Å². The van der Waals surface area contributed by atoms with Gasteiger partial charge in [0.2, 0.25) is 0 Å². The Bertz CT molecular complexity index is 2010. The van der Waals surface area contributed by atoms with Gasteiger partial charge in [0.15, 0.2) is 5.65 Å². The number of anilines is 1. The summed E-state index contributed by atoms with van der Waals surface area (Å²) >= 11 is 0. The summed E-state index contributed by atoms with van der Waals surface area (Å²) in [6, 6.07) is 22.9. The van der Waals surface area contributed by atoms with Gasteiger partial charge in [0.1, 0.15) is 17.8 Å². The summed E-state index contributed by atoms with van der Waals surface area (Å²) in [6.07, 6.45) is 1.40. The number of fused-ring (bicyclic) bond motifs is 2. The molecule has 3 heterocycles. The molecule has 0 saturated carbocycles. The first kappa shape index (κ1) is 25.0. The Kier molecular flexibility index (Phi) is 6.11. The van der Waals surface area contributed by atoms with E-state index in [0.29, 0.717) is 33.2 Å². The van der Waals surface area contributed by atoms with Crippen molar-refractivity contribution >= 4 is 33.5 Å². The highest BCUT2D eigenvalue weighted by Gasteiger charge is 2.21. The van der Waals surface area contributed by atoms with Gasteiger partial charge in [-0.05, 0) is 54.6 Å². The minimum atomic E-state index is -0.205. The van der Waals surface area contributed by atoms with Crippen LogP contribution in [0.5, 0.6) is 0 Å². The van der Waals surface area contributed by atoms with Crippen molar-refractivity contribution < 1.29 is 4.79 Å². The van der Waals surface area contributed by atoms with Crippen LogP contribution < -0.4 is 16.6 Å². The first-order valence-electron chi connectivity index (χ1n) is 12.9. The molecule has 9 nitrogen and oxygen atoms in total. The van der Waals surface area contributed by atoms with E-state index in [4.69, 9.17) is 10.8 Å². The van der Waals surface area contributed by atoms with Crippen LogP contribution in [0, 0.1) is 13.8 Å². The van der Waals surface area contributed by atoms with Crippen LogP contribution in [0.25, 0.3) is 38.8 Å². The Morgan fingerprint density at radius 3 is 2.50 bits per heavy atom. The first-order valence-corrected chi connectivity index (χ1v) is 12.9. The van der Waals surface area contributed by atoms with Crippen molar-refractivity contribution in [2.75, 3.05) is 12.8 Å². The third kappa shape index (κ3) is 4.08. The van der Waals surface area contributed by atoms with Gasteiger partial charge in [-0.2, -0.15) is 5.10 Å². The van der Waals surface area contributed by atoms with Crippen LogP contribution >= 0.6 is 0 Å². The summed E-state index contributed by atoms with van der Waals surface area (Å²) in [7, 11) is 1.59. The molecule has 0 fully saturated rings. The molecule has 0 aliphatic rings. The predicted octanol–water partition coefficient (Wildman–Crippen LogP) is 4.40. The third-order valence-electron chi connectivity index (χ3n) is 7.18. The number of nitrogens with one attached hydrogen (secondary N) is 1. The Morgan fingerprint density at radius 2 is 1.70 bits per heavy atom.